The number of carbonyl (C=O) groups excluding carboxylic acids is 2. The average Bonchev–Trinajstić information content (AvgIpc) is 2.72. The lowest BCUT2D eigenvalue weighted by molar-refractivity contribution is -0.135. The molecule has 3 unspecified atom stereocenters. The molecule has 2 amide bonds. The summed E-state index contributed by atoms with van der Waals surface area (Å²) in [7, 11) is 1.67. The lowest BCUT2D eigenvalue weighted by Crippen LogP contribution is -2.36. The first-order chi connectivity index (χ1) is 7.49. The highest BCUT2D eigenvalue weighted by molar-refractivity contribution is 5.89. The summed E-state index contributed by atoms with van der Waals surface area (Å²) in [6, 6.07) is 0. The third-order valence-electron chi connectivity index (χ3n) is 3.26. The van der Waals surface area contributed by atoms with E-state index in [-0.39, 0.29) is 37.2 Å². The molecule has 6 heteroatoms. The van der Waals surface area contributed by atoms with E-state index in [2.05, 4.69) is 0 Å². The quantitative estimate of drug-likeness (QED) is 0.545. The molecule has 0 aromatic carbocycles. The minimum absolute atomic E-state index is 0.0290. The van der Waals surface area contributed by atoms with Gasteiger partial charge in [-0.3, -0.25) is 9.59 Å². The van der Waals surface area contributed by atoms with Crippen molar-refractivity contribution in [3.05, 3.63) is 0 Å². The smallest absolute Gasteiger partial charge is 0.228 e. The molecule has 2 aliphatic heterocycles. The van der Waals surface area contributed by atoms with Gasteiger partial charge in [-0.05, 0) is 0 Å². The fourth-order valence-corrected chi connectivity index (χ4v) is 2.24. The van der Waals surface area contributed by atoms with Crippen molar-refractivity contribution >= 4 is 11.8 Å². The Bertz CT molecular complexity index is 310. The van der Waals surface area contributed by atoms with Crippen molar-refractivity contribution in [3.63, 3.8) is 0 Å². The molecule has 2 heterocycles. The van der Waals surface area contributed by atoms with Gasteiger partial charge in [-0.25, -0.2) is 0 Å². The highest BCUT2D eigenvalue weighted by atomic mass is 16.3. The highest BCUT2D eigenvalue weighted by Crippen LogP contribution is 2.21. The molecule has 0 bridgehead atoms. The Labute approximate surface area is 93.4 Å². The van der Waals surface area contributed by atoms with Crippen molar-refractivity contribution in [1.29, 1.82) is 0 Å². The van der Waals surface area contributed by atoms with Crippen molar-refractivity contribution in [1.82, 2.24) is 9.80 Å². The van der Waals surface area contributed by atoms with Gasteiger partial charge in [0.1, 0.15) is 0 Å². The number of aliphatic hydroxyl groups excluding tert-OH is 2. The van der Waals surface area contributed by atoms with Gasteiger partial charge >= 0.3 is 0 Å². The molecule has 0 saturated carbocycles. The van der Waals surface area contributed by atoms with Gasteiger partial charge in [0, 0.05) is 33.1 Å². The first-order valence-electron chi connectivity index (χ1n) is 5.38. The van der Waals surface area contributed by atoms with E-state index >= 15 is 0 Å². The van der Waals surface area contributed by atoms with E-state index in [9.17, 15) is 19.8 Å². The molecule has 0 radical (unpaired) electrons. The van der Waals surface area contributed by atoms with E-state index in [4.69, 9.17) is 0 Å². The predicted molar refractivity (Wildman–Crippen MR) is 54.3 cm³/mol. The highest BCUT2D eigenvalue weighted by Gasteiger charge is 2.39. The molecule has 2 rings (SSSR count). The second-order valence-electron chi connectivity index (χ2n) is 4.55. The molecule has 2 N–H and O–H groups in total. The maximum Gasteiger partial charge on any atom is 0.228 e. The van der Waals surface area contributed by atoms with Crippen LogP contribution in [0, 0.1) is 5.92 Å². The Balaban J connectivity index is 1.97. The number of nitrogens with zero attached hydrogens (tertiary/aromatic N) is 2. The lowest BCUT2D eigenvalue weighted by atomic mass is 10.1. The largest absolute Gasteiger partial charge is 0.388 e. The minimum Gasteiger partial charge on any atom is -0.388 e. The Kier molecular flexibility index (Phi) is 2.86. The standard InChI is InChI=1S/C10H16N2O4/c1-11-3-6(2-9(11)15)10(16)12-4-7(13)8(14)5-12/h6-8,13-14H,2-5H2,1H3. The van der Waals surface area contributed by atoms with Crippen LogP contribution in [-0.4, -0.2) is 70.7 Å². The summed E-state index contributed by atoms with van der Waals surface area (Å²) in [6.07, 6.45) is -1.49. The zero-order valence-electron chi connectivity index (χ0n) is 9.17. The van der Waals surface area contributed by atoms with Crippen LogP contribution < -0.4 is 0 Å². The molecule has 3 atom stereocenters. The topological polar surface area (TPSA) is 81.1 Å². The van der Waals surface area contributed by atoms with Crippen LogP contribution in [0.15, 0.2) is 0 Å². The lowest BCUT2D eigenvalue weighted by Gasteiger charge is -2.19. The zero-order valence-corrected chi connectivity index (χ0v) is 9.17. The van der Waals surface area contributed by atoms with Crippen LogP contribution in [0.2, 0.25) is 0 Å². The van der Waals surface area contributed by atoms with Gasteiger partial charge in [0.2, 0.25) is 11.8 Å². The monoisotopic (exact) mass is 228 g/mol. The van der Waals surface area contributed by atoms with E-state index in [1.54, 1.807) is 7.05 Å². The molecule has 6 nitrogen and oxygen atoms in total. The molecule has 2 aliphatic rings. The number of hydrogen-bond acceptors (Lipinski definition) is 4. The molecule has 0 aromatic rings. The predicted octanol–water partition coefficient (Wildman–Crippen LogP) is -1.97. The van der Waals surface area contributed by atoms with Gasteiger partial charge in [-0.2, -0.15) is 0 Å². The Morgan fingerprint density at radius 1 is 1.25 bits per heavy atom. The number of hydrogen-bond donors (Lipinski definition) is 2. The van der Waals surface area contributed by atoms with Crippen molar-refractivity contribution in [2.45, 2.75) is 18.6 Å². The molecule has 2 fully saturated rings. The summed E-state index contributed by atoms with van der Waals surface area (Å²) in [5.74, 6) is -0.498. The average molecular weight is 228 g/mol. The third-order valence-corrected chi connectivity index (χ3v) is 3.26. The van der Waals surface area contributed by atoms with E-state index in [0.717, 1.165) is 0 Å². The zero-order chi connectivity index (χ0) is 11.9. The second kappa shape index (κ2) is 4.03. The number of amides is 2. The molecular formula is C10H16N2O4. The Morgan fingerprint density at radius 3 is 2.25 bits per heavy atom. The number of carbonyl (C=O) groups is 2. The maximum atomic E-state index is 12.0. The van der Waals surface area contributed by atoms with E-state index in [1.807, 2.05) is 0 Å². The number of aliphatic hydroxyl groups is 2. The second-order valence-corrected chi connectivity index (χ2v) is 4.55. The molecular weight excluding hydrogens is 212 g/mol. The van der Waals surface area contributed by atoms with Crippen LogP contribution >= 0.6 is 0 Å². The third kappa shape index (κ3) is 1.90. The first kappa shape index (κ1) is 11.3. The molecule has 0 spiro atoms. The van der Waals surface area contributed by atoms with Crippen LogP contribution in [0.5, 0.6) is 0 Å². The molecule has 0 aliphatic carbocycles. The Hall–Kier alpha value is -1.14. The van der Waals surface area contributed by atoms with Crippen molar-refractivity contribution in [2.75, 3.05) is 26.7 Å². The summed E-state index contributed by atoms with van der Waals surface area (Å²) < 4.78 is 0. The first-order valence-corrected chi connectivity index (χ1v) is 5.38. The van der Waals surface area contributed by atoms with Gasteiger partial charge < -0.3 is 20.0 Å². The van der Waals surface area contributed by atoms with Gasteiger partial charge in [-0.15, -0.1) is 0 Å². The summed E-state index contributed by atoms with van der Waals surface area (Å²) in [4.78, 5) is 26.2. The number of likely N-dealkylation sites (tertiary alicyclic amines) is 2. The van der Waals surface area contributed by atoms with Gasteiger partial charge in [0.25, 0.3) is 0 Å². The normalized spacial score (nSPS) is 34.9. The molecule has 16 heavy (non-hydrogen) atoms. The minimum atomic E-state index is -0.862. The summed E-state index contributed by atoms with van der Waals surface area (Å²) >= 11 is 0. The molecule has 2 saturated heterocycles. The van der Waals surface area contributed by atoms with Crippen LogP contribution in [-0.2, 0) is 9.59 Å². The van der Waals surface area contributed by atoms with Crippen molar-refractivity contribution in [3.8, 4) is 0 Å². The molecule has 0 aromatic heterocycles. The van der Waals surface area contributed by atoms with Crippen molar-refractivity contribution in [2.24, 2.45) is 5.92 Å². The summed E-state index contributed by atoms with van der Waals surface area (Å²) in [5.41, 5.74) is 0. The van der Waals surface area contributed by atoms with Crippen LogP contribution in [0.4, 0.5) is 0 Å². The van der Waals surface area contributed by atoms with Crippen LogP contribution in [0.25, 0.3) is 0 Å². The van der Waals surface area contributed by atoms with E-state index in [1.165, 1.54) is 9.80 Å². The Morgan fingerprint density at radius 2 is 1.81 bits per heavy atom. The summed E-state index contributed by atoms with van der Waals surface area (Å²) in [6.45, 7) is 0.753. The van der Waals surface area contributed by atoms with Crippen LogP contribution in [0.3, 0.4) is 0 Å². The van der Waals surface area contributed by atoms with E-state index < -0.39 is 12.2 Å². The molecule has 90 valence electrons. The van der Waals surface area contributed by atoms with Crippen LogP contribution in [0.1, 0.15) is 6.42 Å². The van der Waals surface area contributed by atoms with Gasteiger partial charge in [0.15, 0.2) is 0 Å². The summed E-state index contributed by atoms with van der Waals surface area (Å²) in [5, 5.41) is 18.7. The van der Waals surface area contributed by atoms with Crippen molar-refractivity contribution < 1.29 is 19.8 Å². The fourth-order valence-electron chi connectivity index (χ4n) is 2.24. The number of β-amino-alcohol motifs (C(OH)–C–C–N with tert-alkyl or cyclic N) is 2. The number of rotatable bonds is 1. The van der Waals surface area contributed by atoms with Gasteiger partial charge in [0.05, 0.1) is 18.1 Å². The fraction of sp³-hybridized carbons (Fsp3) is 0.800. The SMILES string of the molecule is CN1CC(C(=O)N2CC(O)C(O)C2)CC1=O. The van der Waals surface area contributed by atoms with E-state index in [0.29, 0.717) is 6.54 Å². The maximum absolute atomic E-state index is 12.0. The van der Waals surface area contributed by atoms with Gasteiger partial charge in [-0.1, -0.05) is 0 Å².